The van der Waals surface area contributed by atoms with Crippen molar-refractivity contribution in [2.45, 2.75) is 58.5 Å². The Morgan fingerprint density at radius 2 is 1.83 bits per heavy atom. The van der Waals surface area contributed by atoms with E-state index in [0.29, 0.717) is 18.3 Å². The minimum absolute atomic E-state index is 0.117. The molecule has 18 heavy (non-hydrogen) atoms. The molecule has 0 radical (unpaired) electrons. The third kappa shape index (κ3) is 3.42. The first kappa shape index (κ1) is 15.4. The number of hydrogen-bond acceptors (Lipinski definition) is 4. The molecule has 0 atom stereocenters. The van der Waals surface area contributed by atoms with E-state index in [-0.39, 0.29) is 5.04 Å². The number of rotatable bonds is 3. The highest BCUT2D eigenvalue weighted by Gasteiger charge is 2.42. The first-order chi connectivity index (χ1) is 7.98. The van der Waals surface area contributed by atoms with Crippen LogP contribution in [0.3, 0.4) is 0 Å². The van der Waals surface area contributed by atoms with Gasteiger partial charge in [-0.15, -0.1) is 0 Å². The average molecular weight is 274 g/mol. The van der Waals surface area contributed by atoms with Crippen LogP contribution in [0.25, 0.3) is 0 Å². The zero-order valence-corrected chi connectivity index (χ0v) is 13.8. The molecule has 1 aliphatic heterocycles. The summed E-state index contributed by atoms with van der Waals surface area (Å²) in [6, 6.07) is 0. The molecule has 1 heterocycles. The van der Waals surface area contributed by atoms with E-state index in [1.54, 1.807) is 7.11 Å². The van der Waals surface area contributed by atoms with Crippen LogP contribution in [0, 0.1) is 0 Å². The highest BCUT2D eigenvalue weighted by atomic mass is 28.4. The molecule has 0 saturated carbocycles. The molecule has 0 bridgehead atoms. The van der Waals surface area contributed by atoms with Crippen molar-refractivity contribution >= 4 is 8.32 Å². The highest BCUT2D eigenvalue weighted by molar-refractivity contribution is 6.74. The molecule has 0 aromatic heterocycles. The molecule has 106 valence electrons. The van der Waals surface area contributed by atoms with Crippen LogP contribution in [0.1, 0.15) is 34.6 Å². The Hall–Kier alpha value is -0.683. The summed E-state index contributed by atoms with van der Waals surface area (Å²) in [4.78, 5) is 0. The van der Waals surface area contributed by atoms with Crippen molar-refractivity contribution in [3.8, 4) is 0 Å². The summed E-state index contributed by atoms with van der Waals surface area (Å²) in [6.07, 6.45) is 0. The minimum atomic E-state index is -1.92. The van der Waals surface area contributed by atoms with Crippen molar-refractivity contribution in [1.29, 1.82) is 0 Å². The largest absolute Gasteiger partial charge is 0.516 e. The first-order valence-corrected chi connectivity index (χ1v) is 9.18. The van der Waals surface area contributed by atoms with Crippen LogP contribution in [0.4, 0.5) is 0 Å². The quantitative estimate of drug-likeness (QED) is 0.582. The van der Waals surface area contributed by atoms with Gasteiger partial charge >= 0.3 is 5.95 Å². The molecule has 1 aliphatic rings. The van der Waals surface area contributed by atoms with Gasteiger partial charge in [0.25, 0.3) is 8.32 Å². The molecular weight excluding hydrogens is 248 g/mol. The van der Waals surface area contributed by atoms with E-state index in [9.17, 15) is 0 Å². The molecule has 5 heteroatoms. The van der Waals surface area contributed by atoms with Crippen LogP contribution in [-0.4, -0.2) is 27.8 Å². The molecule has 4 nitrogen and oxygen atoms in total. The third-order valence-electron chi connectivity index (χ3n) is 3.49. The second-order valence-corrected chi connectivity index (χ2v) is 11.3. The van der Waals surface area contributed by atoms with Gasteiger partial charge < -0.3 is 18.6 Å². The van der Waals surface area contributed by atoms with Crippen LogP contribution in [0.2, 0.25) is 18.1 Å². The predicted molar refractivity (Wildman–Crippen MR) is 73.4 cm³/mol. The molecule has 0 N–H and O–H groups in total. The van der Waals surface area contributed by atoms with Gasteiger partial charge in [0.2, 0.25) is 11.5 Å². The second kappa shape index (κ2) is 4.77. The van der Waals surface area contributed by atoms with Crippen LogP contribution in [0.5, 0.6) is 0 Å². The second-order valence-electron chi connectivity index (χ2n) is 6.57. The van der Waals surface area contributed by atoms with E-state index < -0.39 is 14.1 Å². The summed E-state index contributed by atoms with van der Waals surface area (Å²) < 4.78 is 22.7. The number of ether oxygens (including phenoxy) is 3. The molecule has 0 amide bonds. The predicted octanol–water partition coefficient (Wildman–Crippen LogP) is 3.61. The summed E-state index contributed by atoms with van der Waals surface area (Å²) in [5, 5.41) is 0.117. The van der Waals surface area contributed by atoms with Crippen LogP contribution < -0.4 is 0 Å². The third-order valence-corrected chi connectivity index (χ3v) is 7.80. The van der Waals surface area contributed by atoms with Crippen molar-refractivity contribution in [1.82, 2.24) is 0 Å². The standard InChI is InChI=1S/C13H26O4Si/c1-12(2,3)18(7,8)17-11(14-6)10-9-15-13(4,5)16-10/h9H2,1-8H3/b11-10+. The van der Waals surface area contributed by atoms with Gasteiger partial charge in [-0.2, -0.15) is 0 Å². The molecule has 1 fully saturated rings. The summed E-state index contributed by atoms with van der Waals surface area (Å²) >= 11 is 0. The maximum absolute atomic E-state index is 6.12. The van der Waals surface area contributed by atoms with Gasteiger partial charge in [0, 0.05) is 13.8 Å². The maximum atomic E-state index is 6.12. The van der Waals surface area contributed by atoms with E-state index in [4.69, 9.17) is 18.6 Å². The zero-order valence-electron chi connectivity index (χ0n) is 12.8. The lowest BCUT2D eigenvalue weighted by Crippen LogP contribution is -2.41. The lowest BCUT2D eigenvalue weighted by molar-refractivity contribution is -0.119. The molecular formula is C13H26O4Si. The fraction of sp³-hybridized carbons (Fsp3) is 0.846. The van der Waals surface area contributed by atoms with Gasteiger partial charge in [-0.05, 0) is 18.1 Å². The summed E-state index contributed by atoms with van der Waals surface area (Å²) in [5.74, 6) is 0.509. The van der Waals surface area contributed by atoms with Crippen molar-refractivity contribution in [3.63, 3.8) is 0 Å². The van der Waals surface area contributed by atoms with Crippen molar-refractivity contribution < 1.29 is 18.6 Å². The van der Waals surface area contributed by atoms with E-state index in [0.717, 1.165) is 0 Å². The van der Waals surface area contributed by atoms with Crippen molar-refractivity contribution in [2.24, 2.45) is 0 Å². The van der Waals surface area contributed by atoms with Crippen LogP contribution in [-0.2, 0) is 18.6 Å². The molecule has 0 spiro atoms. The Bertz CT molecular complexity index is 339. The summed E-state index contributed by atoms with van der Waals surface area (Å²) in [6.45, 7) is 15.1. The zero-order chi connectivity index (χ0) is 14.2. The van der Waals surface area contributed by atoms with Gasteiger partial charge in [-0.1, -0.05) is 20.8 Å². The molecule has 0 unspecified atom stereocenters. The Kier molecular flexibility index (Phi) is 4.08. The van der Waals surface area contributed by atoms with E-state index in [1.807, 2.05) is 13.8 Å². The number of hydrogen-bond donors (Lipinski definition) is 0. The Morgan fingerprint density at radius 1 is 1.28 bits per heavy atom. The Balaban J connectivity index is 2.90. The van der Waals surface area contributed by atoms with Gasteiger partial charge in [0.05, 0.1) is 7.11 Å². The fourth-order valence-corrected chi connectivity index (χ4v) is 2.26. The normalized spacial score (nSPS) is 22.4. The average Bonchev–Trinajstić information content (AvgIpc) is 2.53. The Labute approximate surface area is 111 Å². The van der Waals surface area contributed by atoms with Gasteiger partial charge in [-0.25, -0.2) is 0 Å². The summed E-state index contributed by atoms with van der Waals surface area (Å²) in [5.41, 5.74) is 0. The van der Waals surface area contributed by atoms with Gasteiger partial charge in [0.1, 0.15) is 6.61 Å². The van der Waals surface area contributed by atoms with Gasteiger partial charge in [0.15, 0.2) is 0 Å². The highest BCUT2D eigenvalue weighted by Crippen LogP contribution is 2.39. The lowest BCUT2D eigenvalue weighted by atomic mass is 10.2. The van der Waals surface area contributed by atoms with Crippen LogP contribution >= 0.6 is 0 Å². The molecule has 1 saturated heterocycles. The maximum Gasteiger partial charge on any atom is 0.307 e. The monoisotopic (exact) mass is 274 g/mol. The Morgan fingerprint density at radius 3 is 2.17 bits per heavy atom. The molecule has 0 aliphatic carbocycles. The van der Waals surface area contributed by atoms with Gasteiger partial charge in [-0.3, -0.25) is 0 Å². The first-order valence-electron chi connectivity index (χ1n) is 6.28. The SMILES string of the molecule is CO/C(O[Si](C)(C)C(C)(C)C)=C1/COC(C)(C)O1. The topological polar surface area (TPSA) is 36.9 Å². The molecule has 1 rings (SSSR count). The number of methoxy groups -OCH3 is 1. The molecule has 0 aromatic carbocycles. The van der Waals surface area contributed by atoms with E-state index in [1.165, 1.54) is 0 Å². The minimum Gasteiger partial charge on any atom is -0.516 e. The van der Waals surface area contributed by atoms with E-state index >= 15 is 0 Å². The van der Waals surface area contributed by atoms with Crippen LogP contribution in [0.15, 0.2) is 11.7 Å². The van der Waals surface area contributed by atoms with Crippen molar-refractivity contribution in [3.05, 3.63) is 11.7 Å². The lowest BCUT2D eigenvalue weighted by Gasteiger charge is -2.36. The van der Waals surface area contributed by atoms with E-state index in [2.05, 4.69) is 33.9 Å². The smallest absolute Gasteiger partial charge is 0.307 e. The van der Waals surface area contributed by atoms with Crippen molar-refractivity contribution in [2.75, 3.05) is 13.7 Å². The summed E-state index contributed by atoms with van der Waals surface area (Å²) in [7, 11) is -0.320. The fourth-order valence-electron chi connectivity index (χ4n) is 1.29. The molecule has 0 aromatic rings.